The highest BCUT2D eigenvalue weighted by Crippen LogP contribution is 2.33. The van der Waals surface area contributed by atoms with Crippen LogP contribution in [0.15, 0.2) is 11.8 Å². The van der Waals surface area contributed by atoms with Gasteiger partial charge >= 0.3 is 5.97 Å². The van der Waals surface area contributed by atoms with Crippen LogP contribution in [0.5, 0.6) is 0 Å². The minimum atomic E-state index is -2.45. The molecule has 4 unspecified atom stereocenters. The smallest absolute Gasteiger partial charge is 0.349 e. The summed E-state index contributed by atoms with van der Waals surface area (Å²) in [6.45, 7) is 4.91. The summed E-state index contributed by atoms with van der Waals surface area (Å²) in [6.07, 6.45) is 0.105. The summed E-state index contributed by atoms with van der Waals surface area (Å²) in [5.74, 6) is -0.870. The Bertz CT molecular complexity index is 455. The molecule has 21 heavy (non-hydrogen) atoms. The summed E-state index contributed by atoms with van der Waals surface area (Å²) in [6, 6.07) is -0.408. The molecule has 0 aromatic rings. The third kappa shape index (κ3) is 2.60. The molecule has 0 aliphatic carbocycles. The third-order valence-electron chi connectivity index (χ3n) is 4.35. The Morgan fingerprint density at radius 2 is 2.10 bits per heavy atom. The molecule has 7 nitrogen and oxygen atoms in total. The lowest BCUT2D eigenvalue weighted by atomic mass is 9.81. The Kier molecular flexibility index (Phi) is 4.16. The first-order chi connectivity index (χ1) is 9.59. The summed E-state index contributed by atoms with van der Waals surface area (Å²) in [7, 11) is 0. The molecule has 120 valence electrons. The number of ether oxygens (including phenoxy) is 1. The van der Waals surface area contributed by atoms with Gasteiger partial charge in [-0.1, -0.05) is 0 Å². The van der Waals surface area contributed by atoms with Crippen molar-refractivity contribution in [3.05, 3.63) is 11.8 Å². The molecule has 2 heterocycles. The van der Waals surface area contributed by atoms with Gasteiger partial charge in [0.2, 0.25) is 5.60 Å². The molecule has 1 fully saturated rings. The quantitative estimate of drug-likeness (QED) is 0.480. The summed E-state index contributed by atoms with van der Waals surface area (Å²) in [5, 5.41) is 40.0. The number of carbonyl (C=O) groups is 1. The van der Waals surface area contributed by atoms with E-state index in [9.17, 15) is 25.2 Å². The zero-order chi connectivity index (χ0) is 16.0. The van der Waals surface area contributed by atoms with Crippen LogP contribution in [-0.2, 0) is 9.53 Å². The molecule has 4 atom stereocenters. The fourth-order valence-electron chi connectivity index (χ4n) is 2.96. The zero-order valence-corrected chi connectivity index (χ0v) is 12.5. The van der Waals surface area contributed by atoms with Crippen molar-refractivity contribution in [2.45, 2.75) is 56.6 Å². The van der Waals surface area contributed by atoms with E-state index in [1.807, 2.05) is 4.90 Å². The highest BCUT2D eigenvalue weighted by atomic mass is 16.6. The van der Waals surface area contributed by atoms with Gasteiger partial charge in [-0.05, 0) is 33.3 Å². The van der Waals surface area contributed by atoms with Gasteiger partial charge in [0.15, 0.2) is 0 Å². The molecule has 0 aromatic carbocycles. The Hall–Kier alpha value is -0.990. The normalized spacial score (nSPS) is 30.5. The Morgan fingerprint density at radius 1 is 1.48 bits per heavy atom. The van der Waals surface area contributed by atoms with Crippen molar-refractivity contribution in [1.29, 1.82) is 0 Å². The van der Waals surface area contributed by atoms with Crippen LogP contribution >= 0.6 is 0 Å². The highest BCUT2D eigenvalue weighted by Gasteiger charge is 2.55. The maximum atomic E-state index is 12.3. The second-order valence-corrected chi connectivity index (χ2v) is 6.29. The monoisotopic (exact) mass is 301 g/mol. The van der Waals surface area contributed by atoms with Crippen molar-refractivity contribution in [3.63, 3.8) is 0 Å². The first-order valence-corrected chi connectivity index (χ1v) is 7.06. The van der Waals surface area contributed by atoms with Crippen LogP contribution in [-0.4, -0.2) is 73.8 Å². The molecule has 0 radical (unpaired) electrons. The highest BCUT2D eigenvalue weighted by molar-refractivity contribution is 5.82. The maximum absolute atomic E-state index is 12.3. The van der Waals surface area contributed by atoms with Crippen LogP contribution in [0.4, 0.5) is 0 Å². The Labute approximate surface area is 123 Å². The maximum Gasteiger partial charge on any atom is 0.349 e. The van der Waals surface area contributed by atoms with Gasteiger partial charge in [-0.25, -0.2) is 4.79 Å². The van der Waals surface area contributed by atoms with Gasteiger partial charge < -0.3 is 25.2 Å². The van der Waals surface area contributed by atoms with Crippen molar-refractivity contribution in [2.75, 3.05) is 13.1 Å². The second kappa shape index (κ2) is 5.33. The van der Waals surface area contributed by atoms with E-state index in [1.54, 1.807) is 6.08 Å². The minimum absolute atomic E-state index is 0.258. The predicted octanol–water partition coefficient (Wildman–Crippen LogP) is -1.25. The van der Waals surface area contributed by atoms with Crippen molar-refractivity contribution in [2.24, 2.45) is 0 Å². The molecule has 0 saturated carbocycles. The second-order valence-electron chi connectivity index (χ2n) is 6.29. The average molecular weight is 301 g/mol. The molecule has 7 heteroatoms. The van der Waals surface area contributed by atoms with Crippen molar-refractivity contribution >= 4 is 5.97 Å². The van der Waals surface area contributed by atoms with Crippen LogP contribution in [0, 0.1) is 0 Å². The van der Waals surface area contributed by atoms with Crippen molar-refractivity contribution < 1.29 is 30.0 Å². The first-order valence-electron chi connectivity index (χ1n) is 7.06. The molecule has 0 aromatic heterocycles. The molecule has 0 amide bonds. The SMILES string of the molecule is CC(O)C(O)(C(=O)OC1=CCN2CCC(O)C12)C(C)(C)O. The van der Waals surface area contributed by atoms with Crippen molar-refractivity contribution in [1.82, 2.24) is 4.90 Å². The number of hydrogen-bond donors (Lipinski definition) is 4. The largest absolute Gasteiger partial charge is 0.427 e. The Morgan fingerprint density at radius 3 is 2.62 bits per heavy atom. The number of rotatable bonds is 4. The topological polar surface area (TPSA) is 110 Å². The fourth-order valence-corrected chi connectivity index (χ4v) is 2.96. The number of esters is 1. The molecule has 1 saturated heterocycles. The molecule has 0 spiro atoms. The van der Waals surface area contributed by atoms with E-state index in [2.05, 4.69) is 0 Å². The molecule has 2 rings (SSSR count). The van der Waals surface area contributed by atoms with E-state index in [1.165, 1.54) is 20.8 Å². The molecule has 2 aliphatic rings. The van der Waals surface area contributed by atoms with E-state index in [4.69, 9.17) is 4.74 Å². The van der Waals surface area contributed by atoms with Crippen molar-refractivity contribution in [3.8, 4) is 0 Å². The van der Waals surface area contributed by atoms with Gasteiger partial charge in [0.05, 0.1) is 18.2 Å². The average Bonchev–Trinajstić information content (AvgIpc) is 2.91. The van der Waals surface area contributed by atoms with E-state index in [0.717, 1.165) is 0 Å². The van der Waals surface area contributed by atoms with Gasteiger partial charge in [0, 0.05) is 13.1 Å². The lowest BCUT2D eigenvalue weighted by molar-refractivity contribution is -0.210. The van der Waals surface area contributed by atoms with Gasteiger partial charge in [0.1, 0.15) is 11.4 Å². The van der Waals surface area contributed by atoms with Crippen LogP contribution in [0.1, 0.15) is 27.2 Å². The molecule has 4 N–H and O–H groups in total. The first kappa shape index (κ1) is 16.4. The lowest BCUT2D eigenvalue weighted by Gasteiger charge is -2.38. The van der Waals surface area contributed by atoms with Gasteiger partial charge in [0.25, 0.3) is 0 Å². The van der Waals surface area contributed by atoms with E-state index in [0.29, 0.717) is 19.5 Å². The number of nitrogens with zero attached hydrogens (tertiary/aromatic N) is 1. The van der Waals surface area contributed by atoms with Crippen LogP contribution in [0.3, 0.4) is 0 Å². The zero-order valence-electron chi connectivity index (χ0n) is 12.5. The molecular weight excluding hydrogens is 278 g/mol. The lowest BCUT2D eigenvalue weighted by Crippen LogP contribution is -2.63. The van der Waals surface area contributed by atoms with Crippen LogP contribution < -0.4 is 0 Å². The summed E-state index contributed by atoms with van der Waals surface area (Å²) in [4.78, 5) is 14.2. The van der Waals surface area contributed by atoms with E-state index < -0.39 is 35.4 Å². The number of aliphatic hydroxyl groups excluding tert-OH is 2. The van der Waals surface area contributed by atoms with E-state index in [-0.39, 0.29) is 5.76 Å². The summed E-state index contributed by atoms with van der Waals surface area (Å²) >= 11 is 0. The Balaban J connectivity index is 2.17. The molecule has 0 bridgehead atoms. The summed E-state index contributed by atoms with van der Waals surface area (Å²) in [5.41, 5.74) is -4.34. The van der Waals surface area contributed by atoms with E-state index >= 15 is 0 Å². The predicted molar refractivity (Wildman–Crippen MR) is 73.1 cm³/mol. The van der Waals surface area contributed by atoms with Gasteiger partial charge in [-0.2, -0.15) is 0 Å². The molecule has 2 aliphatic heterocycles. The number of fused-ring (bicyclic) bond motifs is 1. The summed E-state index contributed by atoms with van der Waals surface area (Å²) < 4.78 is 5.20. The van der Waals surface area contributed by atoms with Gasteiger partial charge in [-0.15, -0.1) is 0 Å². The molecular formula is C14H23NO6. The number of carbonyl (C=O) groups excluding carboxylic acids is 1. The van der Waals surface area contributed by atoms with Crippen LogP contribution in [0.2, 0.25) is 0 Å². The fraction of sp³-hybridized carbons (Fsp3) is 0.786. The minimum Gasteiger partial charge on any atom is -0.427 e. The third-order valence-corrected chi connectivity index (χ3v) is 4.35. The van der Waals surface area contributed by atoms with Gasteiger partial charge in [-0.3, -0.25) is 4.90 Å². The number of hydrogen-bond acceptors (Lipinski definition) is 7. The number of aliphatic hydroxyl groups is 4. The van der Waals surface area contributed by atoms with Crippen LogP contribution in [0.25, 0.3) is 0 Å². The standard InChI is InChI=1S/C14H23NO6/c1-8(16)14(20,13(2,3)19)12(18)21-10-5-7-15-6-4-9(17)11(10)15/h5,8-9,11,16-17,19-20H,4,6-7H2,1-3H3.